The van der Waals surface area contributed by atoms with Gasteiger partial charge in [-0.1, -0.05) is 58.9 Å². The summed E-state index contributed by atoms with van der Waals surface area (Å²) in [5.41, 5.74) is -1.62. The molecule has 1 heterocycles. The van der Waals surface area contributed by atoms with Crippen LogP contribution in [0.15, 0.2) is 36.7 Å². The normalized spacial score (nSPS) is 15.4. The molecule has 8 heteroatoms. The van der Waals surface area contributed by atoms with Gasteiger partial charge in [0.2, 0.25) is 5.91 Å². The van der Waals surface area contributed by atoms with E-state index in [0.29, 0.717) is 18.1 Å². The molecular formula is C25H34N4O4. The van der Waals surface area contributed by atoms with Crippen molar-refractivity contribution < 1.29 is 19.2 Å². The second kappa shape index (κ2) is 10.7. The number of benzene rings is 1. The number of aldehydes is 2. The van der Waals surface area contributed by atoms with Crippen molar-refractivity contribution in [3.63, 3.8) is 0 Å². The van der Waals surface area contributed by atoms with Crippen LogP contribution in [0.4, 0.5) is 0 Å². The second-order valence-electron chi connectivity index (χ2n) is 9.72. The Balaban J connectivity index is 2.24. The molecule has 2 amide bonds. The first-order valence-corrected chi connectivity index (χ1v) is 11.1. The highest BCUT2D eigenvalue weighted by molar-refractivity contribution is 6.07. The summed E-state index contributed by atoms with van der Waals surface area (Å²) in [6.07, 6.45) is 4.57. The van der Waals surface area contributed by atoms with E-state index in [-0.39, 0.29) is 18.4 Å². The Labute approximate surface area is 194 Å². The number of hydrogen-bond acceptors (Lipinski definition) is 6. The molecule has 0 spiro atoms. The highest BCUT2D eigenvalue weighted by Gasteiger charge is 2.44. The highest BCUT2D eigenvalue weighted by Crippen LogP contribution is 2.29. The van der Waals surface area contributed by atoms with Crippen molar-refractivity contribution in [2.75, 3.05) is 6.54 Å². The second-order valence-corrected chi connectivity index (χ2v) is 9.72. The Hall–Kier alpha value is -3.13. The third-order valence-electron chi connectivity index (χ3n) is 6.04. The van der Waals surface area contributed by atoms with Crippen LogP contribution in [-0.2, 0) is 14.4 Å². The van der Waals surface area contributed by atoms with Crippen LogP contribution in [0.3, 0.4) is 0 Å². The van der Waals surface area contributed by atoms with Crippen LogP contribution in [-0.4, -0.2) is 53.5 Å². The topological polar surface area (TPSA) is 117 Å². The molecule has 3 atom stereocenters. The standard InChI is InChI=1S/C25H34N4O4/c1-16(2)21(13-30)28-22(32)17(3)27-14-25(15-31,24(4,5)6)29-23(33)20-12-26-11-18-9-7-8-10-19(18)20/h7-13,15-17,21,27H,14H2,1-6H3,(H,28,32)(H,29,33). The Morgan fingerprint density at radius 2 is 1.73 bits per heavy atom. The molecule has 0 bridgehead atoms. The highest BCUT2D eigenvalue weighted by atomic mass is 16.2. The van der Waals surface area contributed by atoms with E-state index in [4.69, 9.17) is 0 Å². The molecule has 3 unspecified atom stereocenters. The van der Waals surface area contributed by atoms with Gasteiger partial charge in [-0.25, -0.2) is 0 Å². The van der Waals surface area contributed by atoms with E-state index >= 15 is 0 Å². The maximum Gasteiger partial charge on any atom is 0.254 e. The third kappa shape index (κ3) is 6.01. The summed E-state index contributed by atoms with van der Waals surface area (Å²) >= 11 is 0. The number of carbonyl (C=O) groups is 4. The molecule has 1 aromatic carbocycles. The number of nitrogens with one attached hydrogen (secondary N) is 3. The van der Waals surface area contributed by atoms with Crippen molar-refractivity contribution in [2.24, 2.45) is 11.3 Å². The van der Waals surface area contributed by atoms with Crippen molar-refractivity contribution in [3.8, 4) is 0 Å². The Morgan fingerprint density at radius 1 is 1.06 bits per heavy atom. The lowest BCUT2D eigenvalue weighted by Gasteiger charge is -2.41. The first kappa shape index (κ1) is 26.1. The van der Waals surface area contributed by atoms with Gasteiger partial charge >= 0.3 is 0 Å². The van der Waals surface area contributed by atoms with Gasteiger partial charge in [-0.2, -0.15) is 0 Å². The van der Waals surface area contributed by atoms with Gasteiger partial charge in [0.05, 0.1) is 17.6 Å². The van der Waals surface area contributed by atoms with E-state index in [9.17, 15) is 19.2 Å². The summed E-state index contributed by atoms with van der Waals surface area (Å²) in [7, 11) is 0. The molecule has 2 rings (SSSR count). The van der Waals surface area contributed by atoms with Crippen LogP contribution in [0.1, 0.15) is 51.9 Å². The van der Waals surface area contributed by atoms with E-state index < -0.39 is 28.9 Å². The summed E-state index contributed by atoms with van der Waals surface area (Å²) < 4.78 is 0. The maximum absolute atomic E-state index is 13.3. The largest absolute Gasteiger partial charge is 0.345 e. The van der Waals surface area contributed by atoms with E-state index in [1.165, 1.54) is 6.20 Å². The summed E-state index contributed by atoms with van der Waals surface area (Å²) in [6, 6.07) is 6.10. The van der Waals surface area contributed by atoms with E-state index in [1.807, 2.05) is 58.9 Å². The fourth-order valence-corrected chi connectivity index (χ4v) is 3.37. The smallest absolute Gasteiger partial charge is 0.254 e. The summed E-state index contributed by atoms with van der Waals surface area (Å²) in [4.78, 5) is 53.6. The van der Waals surface area contributed by atoms with E-state index in [1.54, 1.807) is 13.1 Å². The molecule has 2 aromatic rings. The molecule has 0 saturated heterocycles. The summed E-state index contributed by atoms with van der Waals surface area (Å²) in [5, 5.41) is 10.2. The van der Waals surface area contributed by atoms with Crippen molar-refractivity contribution in [3.05, 3.63) is 42.2 Å². The minimum Gasteiger partial charge on any atom is -0.345 e. The molecule has 0 radical (unpaired) electrons. The van der Waals surface area contributed by atoms with Gasteiger partial charge < -0.3 is 25.5 Å². The summed E-state index contributed by atoms with van der Waals surface area (Å²) in [5.74, 6) is -0.837. The number of fused-ring (bicyclic) bond motifs is 1. The Bertz CT molecular complexity index is 1010. The number of nitrogens with zero attached hydrogens (tertiary/aromatic N) is 1. The lowest BCUT2D eigenvalue weighted by molar-refractivity contribution is -0.126. The van der Waals surface area contributed by atoms with Crippen LogP contribution >= 0.6 is 0 Å². The molecule has 33 heavy (non-hydrogen) atoms. The molecule has 0 aliphatic rings. The molecule has 3 N–H and O–H groups in total. The average Bonchev–Trinajstić information content (AvgIpc) is 2.78. The van der Waals surface area contributed by atoms with Gasteiger partial charge in [0.1, 0.15) is 18.1 Å². The van der Waals surface area contributed by atoms with Gasteiger partial charge in [-0.15, -0.1) is 0 Å². The van der Waals surface area contributed by atoms with E-state index in [0.717, 1.165) is 10.8 Å². The summed E-state index contributed by atoms with van der Waals surface area (Å²) in [6.45, 7) is 10.9. The molecule has 0 fully saturated rings. The van der Waals surface area contributed by atoms with Crippen LogP contribution in [0.5, 0.6) is 0 Å². The fraction of sp³-hybridized carbons (Fsp3) is 0.480. The van der Waals surface area contributed by atoms with Gasteiger partial charge in [-0.05, 0) is 23.6 Å². The van der Waals surface area contributed by atoms with Crippen LogP contribution < -0.4 is 16.0 Å². The predicted octanol–water partition coefficient (Wildman–Crippen LogP) is 2.27. The van der Waals surface area contributed by atoms with Crippen molar-refractivity contribution >= 4 is 35.2 Å². The molecule has 0 saturated carbocycles. The van der Waals surface area contributed by atoms with Gasteiger partial charge in [-0.3, -0.25) is 14.6 Å². The molecule has 0 aliphatic heterocycles. The number of carbonyl (C=O) groups excluding carboxylic acids is 4. The molecule has 0 aliphatic carbocycles. The zero-order chi connectivity index (χ0) is 24.8. The van der Waals surface area contributed by atoms with Crippen molar-refractivity contribution in [1.29, 1.82) is 0 Å². The fourth-order valence-electron chi connectivity index (χ4n) is 3.37. The minimum atomic E-state index is -1.31. The zero-order valence-corrected chi connectivity index (χ0v) is 20.1. The Kier molecular flexibility index (Phi) is 8.44. The number of aromatic nitrogens is 1. The quantitative estimate of drug-likeness (QED) is 0.474. The number of amides is 2. The van der Waals surface area contributed by atoms with Gasteiger partial charge in [0.25, 0.3) is 5.91 Å². The van der Waals surface area contributed by atoms with Gasteiger partial charge in [0.15, 0.2) is 0 Å². The molecule has 178 valence electrons. The number of hydrogen-bond donors (Lipinski definition) is 3. The molecule has 1 aromatic heterocycles. The van der Waals surface area contributed by atoms with Crippen LogP contribution in [0.25, 0.3) is 10.8 Å². The molecule has 8 nitrogen and oxygen atoms in total. The van der Waals surface area contributed by atoms with Crippen LogP contribution in [0, 0.1) is 11.3 Å². The first-order chi connectivity index (χ1) is 15.5. The van der Waals surface area contributed by atoms with Crippen molar-refractivity contribution in [2.45, 2.75) is 59.2 Å². The minimum absolute atomic E-state index is 0.0198. The maximum atomic E-state index is 13.3. The Morgan fingerprint density at radius 3 is 2.30 bits per heavy atom. The van der Waals surface area contributed by atoms with E-state index in [2.05, 4.69) is 20.9 Å². The first-order valence-electron chi connectivity index (χ1n) is 11.1. The lowest BCUT2D eigenvalue weighted by Crippen LogP contribution is -2.65. The monoisotopic (exact) mass is 454 g/mol. The van der Waals surface area contributed by atoms with Crippen molar-refractivity contribution in [1.82, 2.24) is 20.9 Å². The molecular weight excluding hydrogens is 420 g/mol. The third-order valence-corrected chi connectivity index (χ3v) is 6.04. The van der Waals surface area contributed by atoms with Crippen LogP contribution in [0.2, 0.25) is 0 Å². The average molecular weight is 455 g/mol. The lowest BCUT2D eigenvalue weighted by atomic mass is 9.74. The predicted molar refractivity (Wildman–Crippen MR) is 128 cm³/mol. The number of pyridine rings is 1. The zero-order valence-electron chi connectivity index (χ0n) is 20.1. The number of rotatable bonds is 10. The van der Waals surface area contributed by atoms with Gasteiger partial charge in [0, 0.05) is 24.3 Å². The SMILES string of the molecule is CC(NCC(C=O)(NC(=O)c1cncc2ccccc12)C(C)(C)C)C(=O)NC(C=O)C(C)C.